The van der Waals surface area contributed by atoms with Crippen molar-refractivity contribution in [1.29, 1.82) is 0 Å². The Morgan fingerprint density at radius 2 is 1.40 bits per heavy atom. The molecule has 1 aliphatic rings. The zero-order valence-corrected chi connectivity index (χ0v) is 34.0. The second-order valence-corrected chi connectivity index (χ2v) is 15.1. The minimum absolute atomic E-state index is 0.0105. The van der Waals surface area contributed by atoms with E-state index in [2.05, 4.69) is 31.3 Å². The van der Waals surface area contributed by atoms with Gasteiger partial charge in [-0.05, 0) is 74.5 Å². The summed E-state index contributed by atoms with van der Waals surface area (Å²) >= 11 is 0. The van der Waals surface area contributed by atoms with Crippen molar-refractivity contribution >= 4 is 47.4 Å². The molecule has 0 saturated carbocycles. The van der Waals surface area contributed by atoms with Crippen LogP contribution in [0.1, 0.15) is 84.6 Å². The van der Waals surface area contributed by atoms with Crippen LogP contribution in [-0.2, 0) is 35.2 Å². The number of phenols is 1. The predicted octanol–water partition coefficient (Wildman–Crippen LogP) is -1.52. The SMILES string of the molecule is CCC(C)[C@@H](NC(=O)C(Cc1ccc(O)cc1)NC(=O)C1CCCN1C(=O)C(CCCN=C(N)N)NC(=O)C(N)CCCN=C(N)N)C(=O)N[C@@H](CC(C)C)C(=O)O. The van der Waals surface area contributed by atoms with Crippen LogP contribution in [0, 0.1) is 11.8 Å². The second kappa shape index (κ2) is 24.2. The summed E-state index contributed by atoms with van der Waals surface area (Å²) in [7, 11) is 0. The molecule has 0 aromatic heterocycles. The molecular weight excluding hydrogens is 752 g/mol. The van der Waals surface area contributed by atoms with Gasteiger partial charge in [-0.2, -0.15) is 0 Å². The van der Waals surface area contributed by atoms with Gasteiger partial charge in [-0.15, -0.1) is 0 Å². The lowest BCUT2D eigenvalue weighted by atomic mass is 9.96. The fourth-order valence-electron chi connectivity index (χ4n) is 6.45. The Morgan fingerprint density at radius 3 is 1.95 bits per heavy atom. The van der Waals surface area contributed by atoms with Gasteiger partial charge in [0, 0.05) is 26.1 Å². The number of nitrogens with one attached hydrogen (secondary N) is 4. The number of benzene rings is 1. The molecule has 1 aromatic rings. The number of carboxylic acid groups (broad SMARTS) is 1. The van der Waals surface area contributed by atoms with Gasteiger partial charge in [-0.1, -0.05) is 46.2 Å². The van der Waals surface area contributed by atoms with E-state index in [-0.39, 0.29) is 75.3 Å². The first-order valence-electron chi connectivity index (χ1n) is 19.7. The number of nitrogens with zero attached hydrogens (tertiary/aromatic N) is 3. The molecule has 20 nitrogen and oxygen atoms in total. The van der Waals surface area contributed by atoms with E-state index < -0.39 is 77.7 Å². The van der Waals surface area contributed by atoms with Crippen LogP contribution in [0.3, 0.4) is 0 Å². The van der Waals surface area contributed by atoms with Crippen molar-refractivity contribution in [3.05, 3.63) is 29.8 Å². The molecule has 1 aliphatic heterocycles. The van der Waals surface area contributed by atoms with E-state index in [4.69, 9.17) is 28.7 Å². The zero-order chi connectivity index (χ0) is 43.5. The van der Waals surface area contributed by atoms with E-state index >= 15 is 0 Å². The molecule has 5 amide bonds. The van der Waals surface area contributed by atoms with E-state index in [1.807, 2.05) is 20.8 Å². The topological polar surface area (TPSA) is 349 Å². The molecule has 16 N–H and O–H groups in total. The van der Waals surface area contributed by atoms with Gasteiger partial charge in [0.05, 0.1) is 6.04 Å². The largest absolute Gasteiger partial charge is 0.508 e. The molecule has 5 unspecified atom stereocenters. The number of carbonyl (C=O) groups is 6. The molecule has 1 fully saturated rings. The van der Waals surface area contributed by atoms with Gasteiger partial charge in [-0.25, -0.2) is 4.79 Å². The van der Waals surface area contributed by atoms with Crippen molar-refractivity contribution < 1.29 is 39.0 Å². The highest BCUT2D eigenvalue weighted by Crippen LogP contribution is 2.21. The van der Waals surface area contributed by atoms with E-state index in [0.717, 1.165) is 0 Å². The highest BCUT2D eigenvalue weighted by atomic mass is 16.4. The number of amides is 5. The van der Waals surface area contributed by atoms with Crippen molar-refractivity contribution in [3.63, 3.8) is 0 Å². The zero-order valence-electron chi connectivity index (χ0n) is 34.0. The number of rotatable bonds is 24. The lowest BCUT2D eigenvalue weighted by molar-refractivity contribution is -0.143. The third kappa shape index (κ3) is 16.4. The quantitative estimate of drug-likeness (QED) is 0.0321. The molecule has 0 aliphatic carbocycles. The normalized spacial score (nSPS) is 16.8. The number of phenolic OH excluding ortho intramolecular Hbond substituents is 1. The van der Waals surface area contributed by atoms with Crippen LogP contribution in [0.25, 0.3) is 0 Å². The van der Waals surface area contributed by atoms with Crippen molar-refractivity contribution in [2.45, 2.75) is 122 Å². The van der Waals surface area contributed by atoms with Gasteiger partial charge in [0.1, 0.15) is 36.0 Å². The number of hydrogen-bond donors (Lipinski definition) is 11. The minimum Gasteiger partial charge on any atom is -0.508 e. The smallest absolute Gasteiger partial charge is 0.326 e. The predicted molar refractivity (Wildman–Crippen MR) is 219 cm³/mol. The summed E-state index contributed by atoms with van der Waals surface area (Å²) in [6.07, 6.45) is 2.36. The number of guanidine groups is 2. The summed E-state index contributed by atoms with van der Waals surface area (Å²) in [5.74, 6) is -5.06. The minimum atomic E-state index is -1.26. The van der Waals surface area contributed by atoms with Gasteiger partial charge in [0.2, 0.25) is 29.5 Å². The molecule has 1 heterocycles. The highest BCUT2D eigenvalue weighted by Gasteiger charge is 2.40. The van der Waals surface area contributed by atoms with Crippen molar-refractivity contribution in [3.8, 4) is 5.75 Å². The van der Waals surface area contributed by atoms with E-state index in [1.54, 1.807) is 19.1 Å². The summed E-state index contributed by atoms with van der Waals surface area (Å²) in [6.45, 7) is 7.84. The van der Waals surface area contributed by atoms with Crippen LogP contribution >= 0.6 is 0 Å². The Bertz CT molecular complexity index is 1600. The summed E-state index contributed by atoms with van der Waals surface area (Å²) in [5.41, 5.74) is 28.3. The average Bonchev–Trinajstić information content (AvgIpc) is 3.66. The van der Waals surface area contributed by atoms with Crippen LogP contribution < -0.4 is 49.9 Å². The lowest BCUT2D eigenvalue weighted by Gasteiger charge is -2.31. The third-order valence-electron chi connectivity index (χ3n) is 9.83. The fourth-order valence-corrected chi connectivity index (χ4v) is 6.45. The molecule has 0 bridgehead atoms. The summed E-state index contributed by atoms with van der Waals surface area (Å²) in [5, 5.41) is 30.4. The molecule has 7 atom stereocenters. The Hall–Kier alpha value is -5.66. The molecule has 324 valence electrons. The Kier molecular flexibility index (Phi) is 20.2. The van der Waals surface area contributed by atoms with Crippen molar-refractivity contribution in [2.75, 3.05) is 19.6 Å². The molecule has 1 saturated heterocycles. The summed E-state index contributed by atoms with van der Waals surface area (Å²) in [4.78, 5) is 90.1. The standard InChI is InChI=1S/C38H64N12O8/c1-5-22(4)30(34(55)48-28(36(57)58)19-21(2)3)49-32(53)27(20-23-12-14-24(51)15-13-23)47-33(54)29-11-8-18-50(29)35(56)26(10-7-17-45-38(42)43)46-31(52)25(39)9-6-16-44-37(40)41/h12-15,21-22,25-30,51H,5-11,16-20,39H2,1-4H3,(H,46,52)(H,47,54)(H,48,55)(H,49,53)(H,57,58)(H4,40,41,44)(H4,42,43,45)/t22?,25?,26?,27?,28-,29?,30+/m0/s1. The van der Waals surface area contributed by atoms with E-state index in [0.29, 0.717) is 31.2 Å². The first-order chi connectivity index (χ1) is 27.3. The maximum Gasteiger partial charge on any atom is 0.326 e. The number of nitrogens with two attached hydrogens (primary N) is 5. The number of aliphatic carboxylic acids is 1. The Morgan fingerprint density at radius 1 is 0.810 bits per heavy atom. The second-order valence-electron chi connectivity index (χ2n) is 15.1. The maximum absolute atomic E-state index is 14.1. The van der Waals surface area contributed by atoms with Gasteiger partial charge in [0.25, 0.3) is 0 Å². The monoisotopic (exact) mass is 816 g/mol. The number of carbonyl (C=O) groups excluding carboxylic acids is 5. The van der Waals surface area contributed by atoms with Crippen LogP contribution in [0.4, 0.5) is 0 Å². The molecular formula is C38H64N12O8. The van der Waals surface area contributed by atoms with Crippen LogP contribution in [0.5, 0.6) is 5.75 Å². The van der Waals surface area contributed by atoms with E-state index in [1.165, 1.54) is 17.0 Å². The molecule has 0 radical (unpaired) electrons. The Labute approximate surface area is 339 Å². The van der Waals surface area contributed by atoms with Crippen molar-refractivity contribution in [2.24, 2.45) is 50.5 Å². The fraction of sp³-hybridized carbons (Fsp3) is 0.632. The summed E-state index contributed by atoms with van der Waals surface area (Å²) < 4.78 is 0. The number of aliphatic imine (C=N–C) groups is 2. The van der Waals surface area contributed by atoms with Crippen LogP contribution in [-0.4, -0.2) is 118 Å². The number of hydrogen-bond acceptors (Lipinski definition) is 10. The molecule has 20 heteroatoms. The molecule has 0 spiro atoms. The van der Waals surface area contributed by atoms with Crippen molar-refractivity contribution in [1.82, 2.24) is 26.2 Å². The van der Waals surface area contributed by atoms with Gasteiger partial charge < -0.3 is 65.0 Å². The first kappa shape index (κ1) is 48.5. The maximum atomic E-state index is 14.1. The first-order valence-corrected chi connectivity index (χ1v) is 19.7. The van der Waals surface area contributed by atoms with Gasteiger partial charge in [-0.3, -0.25) is 34.0 Å². The number of aromatic hydroxyl groups is 1. The van der Waals surface area contributed by atoms with Gasteiger partial charge >= 0.3 is 5.97 Å². The molecule has 2 rings (SSSR count). The van der Waals surface area contributed by atoms with Gasteiger partial charge in [0.15, 0.2) is 11.9 Å². The van der Waals surface area contributed by atoms with Crippen LogP contribution in [0.2, 0.25) is 0 Å². The third-order valence-corrected chi connectivity index (χ3v) is 9.83. The average molecular weight is 817 g/mol. The number of carboxylic acids is 1. The van der Waals surface area contributed by atoms with E-state index in [9.17, 15) is 39.0 Å². The molecule has 58 heavy (non-hydrogen) atoms. The highest BCUT2D eigenvalue weighted by molar-refractivity contribution is 5.96. The molecule has 1 aromatic carbocycles. The lowest BCUT2D eigenvalue weighted by Crippen LogP contribution is -2.60. The number of likely N-dealkylation sites (tertiary alicyclic amines) is 1. The summed E-state index contributed by atoms with van der Waals surface area (Å²) in [6, 6.07) is -0.652. The Balaban J connectivity index is 2.36. The van der Waals surface area contributed by atoms with Crippen LogP contribution in [0.15, 0.2) is 34.3 Å².